The van der Waals surface area contributed by atoms with E-state index in [1.165, 1.54) is 99.7 Å². The van der Waals surface area contributed by atoms with Crippen molar-refractivity contribution in [1.29, 1.82) is 0 Å². The van der Waals surface area contributed by atoms with E-state index < -0.39 is 5.41 Å². The van der Waals surface area contributed by atoms with Crippen molar-refractivity contribution in [2.45, 2.75) is 5.41 Å². The van der Waals surface area contributed by atoms with Crippen molar-refractivity contribution in [3.63, 3.8) is 0 Å². The number of fused-ring (bicyclic) bond motifs is 14. The minimum Gasteiger partial charge on any atom is -0.310 e. The first-order valence-corrected chi connectivity index (χ1v) is 22.6. The van der Waals surface area contributed by atoms with Crippen molar-refractivity contribution in [2.24, 2.45) is 0 Å². The smallest absolute Gasteiger partial charge is 0.0726 e. The van der Waals surface area contributed by atoms with E-state index in [-0.39, 0.29) is 0 Å². The molecule has 0 unspecified atom stereocenters. The lowest BCUT2D eigenvalue weighted by Crippen LogP contribution is -2.26. The zero-order chi connectivity index (χ0) is 42.6. The van der Waals surface area contributed by atoms with Gasteiger partial charge in [-0.1, -0.05) is 188 Å². The topological polar surface area (TPSA) is 6.48 Å². The SMILES string of the molecule is c1ccc(N(c2ccc(-c3ccc(N4c5c(ccc6ccccc56)-c5cccc6cccc4c56)cc3)cc2)c2ccc3c(c2)C2(c4ccccc4-c4ccccc42)c2ccccc2-3)cc1. The molecule has 2 nitrogen and oxygen atoms in total. The van der Waals surface area contributed by atoms with Crippen LogP contribution in [0.1, 0.15) is 22.3 Å². The lowest BCUT2D eigenvalue weighted by Gasteiger charge is -2.34. The minimum absolute atomic E-state index is 0.410. The van der Waals surface area contributed by atoms with Crippen LogP contribution in [0.25, 0.3) is 66.1 Å². The molecule has 11 aromatic carbocycles. The first kappa shape index (κ1) is 36.1. The molecule has 14 rings (SSSR count). The predicted octanol–water partition coefficient (Wildman–Crippen LogP) is 16.9. The number of hydrogen-bond acceptors (Lipinski definition) is 2. The molecule has 0 saturated carbocycles. The maximum atomic E-state index is 2.47. The van der Waals surface area contributed by atoms with Crippen molar-refractivity contribution in [3.8, 4) is 44.5 Å². The fourth-order valence-electron chi connectivity index (χ4n) is 11.7. The fraction of sp³-hybridized carbons (Fsp3) is 0.0159. The van der Waals surface area contributed by atoms with Crippen LogP contribution in [0.3, 0.4) is 0 Å². The minimum atomic E-state index is -0.410. The van der Waals surface area contributed by atoms with Gasteiger partial charge in [0.25, 0.3) is 0 Å². The Labute approximate surface area is 378 Å². The van der Waals surface area contributed by atoms with E-state index in [1.807, 2.05) is 0 Å². The molecule has 1 spiro atoms. The van der Waals surface area contributed by atoms with Crippen molar-refractivity contribution in [2.75, 3.05) is 9.80 Å². The largest absolute Gasteiger partial charge is 0.310 e. The highest BCUT2D eigenvalue weighted by molar-refractivity contribution is 6.18. The van der Waals surface area contributed by atoms with E-state index in [2.05, 4.69) is 252 Å². The third-order valence-corrected chi connectivity index (χ3v) is 14.4. The van der Waals surface area contributed by atoms with Crippen LogP contribution in [0.2, 0.25) is 0 Å². The molecule has 3 aliphatic rings. The lowest BCUT2D eigenvalue weighted by molar-refractivity contribution is 0.793. The number of para-hydroxylation sites is 1. The maximum absolute atomic E-state index is 2.47. The molecular formula is C63H40N2. The summed E-state index contributed by atoms with van der Waals surface area (Å²) in [4.78, 5) is 4.88. The van der Waals surface area contributed by atoms with Gasteiger partial charge in [0.1, 0.15) is 0 Å². The van der Waals surface area contributed by atoms with Crippen LogP contribution in [0.4, 0.5) is 34.1 Å². The van der Waals surface area contributed by atoms with Crippen LogP contribution in [-0.4, -0.2) is 0 Å². The van der Waals surface area contributed by atoms with Gasteiger partial charge in [0.05, 0.1) is 16.8 Å². The molecular weight excluding hydrogens is 785 g/mol. The Morgan fingerprint density at radius 1 is 0.323 bits per heavy atom. The van der Waals surface area contributed by atoms with Gasteiger partial charge in [-0.2, -0.15) is 0 Å². The summed E-state index contributed by atoms with van der Waals surface area (Å²) in [5.41, 5.74) is 22.1. The molecule has 2 heteroatoms. The zero-order valence-electron chi connectivity index (χ0n) is 35.5. The Kier molecular flexibility index (Phi) is 7.64. The van der Waals surface area contributed by atoms with E-state index in [1.54, 1.807) is 0 Å². The number of rotatable bonds is 5. The van der Waals surface area contributed by atoms with Crippen molar-refractivity contribution in [3.05, 3.63) is 265 Å². The molecule has 1 aliphatic heterocycles. The molecule has 2 aliphatic carbocycles. The average molecular weight is 825 g/mol. The molecule has 0 bridgehead atoms. The zero-order valence-corrected chi connectivity index (χ0v) is 35.5. The average Bonchev–Trinajstić information content (AvgIpc) is 3.84. The maximum Gasteiger partial charge on any atom is 0.0726 e. The molecule has 0 radical (unpaired) electrons. The second-order valence-corrected chi connectivity index (χ2v) is 17.6. The van der Waals surface area contributed by atoms with Gasteiger partial charge in [0, 0.05) is 39.1 Å². The quantitative estimate of drug-likeness (QED) is 0.171. The summed E-state index contributed by atoms with van der Waals surface area (Å²) in [6, 6.07) is 89.9. The highest BCUT2D eigenvalue weighted by Gasteiger charge is 2.51. The predicted molar refractivity (Wildman–Crippen MR) is 272 cm³/mol. The summed E-state index contributed by atoms with van der Waals surface area (Å²) in [7, 11) is 0. The third-order valence-electron chi connectivity index (χ3n) is 14.4. The van der Waals surface area contributed by atoms with Crippen LogP contribution >= 0.6 is 0 Å². The number of hydrogen-bond donors (Lipinski definition) is 0. The van der Waals surface area contributed by atoms with Gasteiger partial charge in [-0.3, -0.25) is 0 Å². The molecule has 0 N–H and O–H groups in total. The normalized spacial score (nSPS) is 13.3. The first-order chi connectivity index (χ1) is 32.3. The third kappa shape index (κ3) is 5.05. The van der Waals surface area contributed by atoms with Gasteiger partial charge in [-0.05, 0) is 127 Å². The Morgan fingerprint density at radius 3 is 1.52 bits per heavy atom. The molecule has 302 valence electrons. The first-order valence-electron chi connectivity index (χ1n) is 22.6. The molecule has 1 heterocycles. The Hall–Kier alpha value is -8.46. The van der Waals surface area contributed by atoms with Gasteiger partial charge in [-0.15, -0.1) is 0 Å². The molecule has 11 aromatic rings. The molecule has 65 heavy (non-hydrogen) atoms. The van der Waals surface area contributed by atoms with Gasteiger partial charge < -0.3 is 9.80 Å². The van der Waals surface area contributed by atoms with E-state index in [4.69, 9.17) is 0 Å². The number of nitrogens with zero attached hydrogens (tertiary/aromatic N) is 2. The van der Waals surface area contributed by atoms with Crippen LogP contribution in [0, 0.1) is 0 Å². The Bertz CT molecular complexity index is 3650. The van der Waals surface area contributed by atoms with Crippen molar-refractivity contribution >= 4 is 55.7 Å². The van der Waals surface area contributed by atoms with Gasteiger partial charge in [0.2, 0.25) is 0 Å². The summed E-state index contributed by atoms with van der Waals surface area (Å²) in [6.07, 6.45) is 0. The molecule has 0 fully saturated rings. The molecule has 0 amide bonds. The van der Waals surface area contributed by atoms with Gasteiger partial charge in [-0.25, -0.2) is 0 Å². The van der Waals surface area contributed by atoms with Gasteiger partial charge >= 0.3 is 0 Å². The highest BCUT2D eigenvalue weighted by Crippen LogP contribution is 2.63. The monoisotopic (exact) mass is 824 g/mol. The molecule has 0 aromatic heterocycles. The summed E-state index contributed by atoms with van der Waals surface area (Å²) < 4.78 is 0. The van der Waals surface area contributed by atoms with E-state index in [0.717, 1.165) is 22.7 Å². The summed E-state index contributed by atoms with van der Waals surface area (Å²) in [5, 5.41) is 5.04. The van der Waals surface area contributed by atoms with Crippen LogP contribution < -0.4 is 9.80 Å². The van der Waals surface area contributed by atoms with Crippen LogP contribution in [0.5, 0.6) is 0 Å². The number of anilines is 6. The standard InChI is InChI=1S/C63H40N2/c1-2-17-45(18-3-1)64(48-37-39-53-52-22-8-11-26-58(52)63(59(53)40-48)56-24-9-6-20-50(56)51-21-7-10-25-57(51)63)46-33-28-41(29-34-46)42-30-35-47(36-31-42)65-60-27-13-16-44-15-12-23-54(61(44)60)55-38-32-43-14-4-5-19-49(43)62(55)65/h1-40H. The Morgan fingerprint density at radius 2 is 0.831 bits per heavy atom. The summed E-state index contributed by atoms with van der Waals surface area (Å²) >= 11 is 0. The summed E-state index contributed by atoms with van der Waals surface area (Å²) in [6.45, 7) is 0. The van der Waals surface area contributed by atoms with E-state index in [0.29, 0.717) is 0 Å². The summed E-state index contributed by atoms with van der Waals surface area (Å²) in [5.74, 6) is 0. The van der Waals surface area contributed by atoms with Crippen LogP contribution in [0.15, 0.2) is 243 Å². The molecule has 0 saturated heterocycles. The van der Waals surface area contributed by atoms with Gasteiger partial charge in [0.15, 0.2) is 0 Å². The fourth-order valence-corrected chi connectivity index (χ4v) is 11.7. The highest BCUT2D eigenvalue weighted by atomic mass is 15.2. The second kappa shape index (κ2) is 13.8. The Balaban J connectivity index is 0.869. The second-order valence-electron chi connectivity index (χ2n) is 17.6. The van der Waals surface area contributed by atoms with Crippen LogP contribution in [-0.2, 0) is 5.41 Å². The van der Waals surface area contributed by atoms with Crippen molar-refractivity contribution < 1.29 is 0 Å². The van der Waals surface area contributed by atoms with E-state index in [9.17, 15) is 0 Å². The molecule has 0 atom stereocenters. The van der Waals surface area contributed by atoms with E-state index >= 15 is 0 Å². The number of benzene rings is 11. The lowest BCUT2D eigenvalue weighted by atomic mass is 9.70. The van der Waals surface area contributed by atoms with Crippen molar-refractivity contribution in [1.82, 2.24) is 0 Å².